The van der Waals surface area contributed by atoms with Crippen LogP contribution in [0.15, 0.2) is 54.6 Å². The Morgan fingerprint density at radius 1 is 1.08 bits per heavy atom. The summed E-state index contributed by atoms with van der Waals surface area (Å²) in [5.74, 6) is 2.33. The van der Waals surface area contributed by atoms with Crippen LogP contribution in [0.25, 0.3) is 0 Å². The summed E-state index contributed by atoms with van der Waals surface area (Å²) >= 11 is 3.93. The Hall–Kier alpha value is -1.14. The first-order valence-corrected chi connectivity index (χ1v) is 9.75. The molecule has 1 aliphatic rings. The van der Waals surface area contributed by atoms with Crippen LogP contribution in [0.2, 0.25) is 0 Å². The van der Waals surface area contributed by atoms with Crippen LogP contribution in [0.4, 0.5) is 0 Å². The molecule has 0 bridgehead atoms. The molecule has 0 radical (unpaired) electrons. The van der Waals surface area contributed by atoms with Gasteiger partial charge in [-0.25, -0.2) is 0 Å². The van der Waals surface area contributed by atoms with E-state index in [9.17, 15) is 4.79 Å². The van der Waals surface area contributed by atoms with Gasteiger partial charge in [0.2, 0.25) is 0 Å². The molecule has 0 aliphatic carbocycles. The summed E-state index contributed by atoms with van der Waals surface area (Å²) in [6.07, 6.45) is 0. The van der Waals surface area contributed by atoms with Crippen LogP contribution in [0.5, 0.6) is 0 Å². The van der Waals surface area contributed by atoms with E-state index in [1.807, 2.05) is 66.0 Å². The molecule has 24 heavy (non-hydrogen) atoms. The van der Waals surface area contributed by atoms with Gasteiger partial charge in [-0.2, -0.15) is 0 Å². The van der Waals surface area contributed by atoms with Gasteiger partial charge in [-0.15, -0.1) is 35.9 Å². The Morgan fingerprint density at radius 2 is 1.71 bits per heavy atom. The van der Waals surface area contributed by atoms with Crippen LogP contribution < -0.4 is 11.1 Å². The summed E-state index contributed by atoms with van der Waals surface area (Å²) in [5.41, 5.74) is 9.10. The fourth-order valence-corrected chi connectivity index (χ4v) is 5.32. The molecule has 1 fully saturated rings. The lowest BCUT2D eigenvalue weighted by Crippen LogP contribution is -2.31. The monoisotopic (exact) mass is 380 g/mol. The minimum absolute atomic E-state index is 0. The zero-order chi connectivity index (χ0) is 16.1. The van der Waals surface area contributed by atoms with Crippen molar-refractivity contribution < 1.29 is 4.79 Å². The highest BCUT2D eigenvalue weighted by atomic mass is 35.5. The van der Waals surface area contributed by atoms with Crippen molar-refractivity contribution in [2.45, 2.75) is 10.6 Å². The van der Waals surface area contributed by atoms with E-state index in [-0.39, 0.29) is 24.4 Å². The van der Waals surface area contributed by atoms with Crippen molar-refractivity contribution in [1.82, 2.24) is 5.32 Å². The van der Waals surface area contributed by atoms with Gasteiger partial charge in [-0.1, -0.05) is 42.5 Å². The smallest absolute Gasteiger partial charge is 0.251 e. The van der Waals surface area contributed by atoms with E-state index in [0.29, 0.717) is 16.7 Å². The zero-order valence-corrected chi connectivity index (χ0v) is 15.6. The molecule has 0 spiro atoms. The Balaban J connectivity index is 0.00000208. The van der Waals surface area contributed by atoms with Crippen LogP contribution in [0.1, 0.15) is 32.1 Å². The standard InChI is InChI=1S/C18H20N2OS2.ClH/c19-16(13-4-2-1-3-5-13)12-20-17(21)14-6-8-15(9-7-14)18-22-10-11-23-18;/h1-9,16,18H,10-12,19H2,(H,20,21);1H. The summed E-state index contributed by atoms with van der Waals surface area (Å²) in [4.78, 5) is 12.2. The average molecular weight is 381 g/mol. The second-order valence-corrected chi connectivity index (χ2v) is 8.15. The maximum atomic E-state index is 12.2. The van der Waals surface area contributed by atoms with E-state index in [4.69, 9.17) is 5.73 Å². The normalized spacial score (nSPS) is 15.5. The average Bonchev–Trinajstić information content (AvgIpc) is 3.15. The number of halogens is 1. The molecule has 3 rings (SSSR count). The number of hydrogen-bond donors (Lipinski definition) is 2. The summed E-state index contributed by atoms with van der Waals surface area (Å²) in [6.45, 7) is 0.429. The minimum Gasteiger partial charge on any atom is -0.350 e. The predicted octanol–water partition coefficient (Wildman–Crippen LogP) is 4.02. The quantitative estimate of drug-likeness (QED) is 0.822. The molecule has 128 valence electrons. The number of amides is 1. The molecule has 1 atom stereocenters. The summed E-state index contributed by atoms with van der Waals surface area (Å²) in [6, 6.07) is 17.5. The Kier molecular flexibility index (Phi) is 7.49. The number of benzene rings is 2. The molecule has 3 N–H and O–H groups in total. The molecule has 1 unspecified atom stereocenters. The zero-order valence-electron chi connectivity index (χ0n) is 13.2. The largest absolute Gasteiger partial charge is 0.350 e. The number of nitrogens with two attached hydrogens (primary N) is 1. The van der Waals surface area contributed by atoms with Gasteiger partial charge in [-0.3, -0.25) is 4.79 Å². The third-order valence-corrected chi connectivity index (χ3v) is 6.88. The molecular weight excluding hydrogens is 360 g/mol. The second-order valence-electron chi connectivity index (χ2n) is 5.42. The van der Waals surface area contributed by atoms with Crippen molar-refractivity contribution in [2.24, 2.45) is 5.73 Å². The summed E-state index contributed by atoms with van der Waals surface area (Å²) < 4.78 is 0.513. The van der Waals surface area contributed by atoms with Gasteiger partial charge < -0.3 is 11.1 Å². The number of carbonyl (C=O) groups is 1. The van der Waals surface area contributed by atoms with Crippen molar-refractivity contribution in [3.05, 3.63) is 71.3 Å². The lowest BCUT2D eigenvalue weighted by Gasteiger charge is -2.14. The third kappa shape index (κ3) is 4.93. The second kappa shape index (κ2) is 9.37. The molecule has 1 saturated heterocycles. The van der Waals surface area contributed by atoms with Gasteiger partial charge in [0.1, 0.15) is 0 Å². The van der Waals surface area contributed by atoms with Crippen molar-refractivity contribution in [3.8, 4) is 0 Å². The van der Waals surface area contributed by atoms with Gasteiger partial charge in [-0.05, 0) is 23.3 Å². The van der Waals surface area contributed by atoms with Crippen molar-refractivity contribution in [2.75, 3.05) is 18.1 Å². The van der Waals surface area contributed by atoms with Crippen molar-refractivity contribution >= 4 is 41.8 Å². The Morgan fingerprint density at radius 3 is 2.33 bits per heavy atom. The highest BCUT2D eigenvalue weighted by molar-refractivity contribution is 8.19. The van der Waals surface area contributed by atoms with Crippen LogP contribution >= 0.6 is 35.9 Å². The van der Waals surface area contributed by atoms with Gasteiger partial charge >= 0.3 is 0 Å². The maximum absolute atomic E-state index is 12.2. The first kappa shape index (κ1) is 19.2. The first-order chi connectivity index (χ1) is 11.2. The topological polar surface area (TPSA) is 55.1 Å². The number of hydrogen-bond acceptors (Lipinski definition) is 4. The fraction of sp³-hybridized carbons (Fsp3) is 0.278. The van der Waals surface area contributed by atoms with Crippen molar-refractivity contribution in [1.29, 1.82) is 0 Å². The van der Waals surface area contributed by atoms with Crippen LogP contribution in [-0.4, -0.2) is 24.0 Å². The van der Waals surface area contributed by atoms with Gasteiger partial charge in [0.05, 0.1) is 4.58 Å². The van der Waals surface area contributed by atoms with Crippen LogP contribution in [-0.2, 0) is 0 Å². The summed E-state index contributed by atoms with van der Waals surface area (Å²) in [5, 5.41) is 2.91. The molecule has 2 aromatic carbocycles. The van der Waals surface area contributed by atoms with Crippen LogP contribution in [0.3, 0.4) is 0 Å². The predicted molar refractivity (Wildman–Crippen MR) is 107 cm³/mol. The fourth-order valence-electron chi connectivity index (χ4n) is 2.47. The van der Waals surface area contributed by atoms with E-state index in [2.05, 4.69) is 17.4 Å². The molecule has 1 amide bonds. The van der Waals surface area contributed by atoms with Gasteiger partial charge in [0.15, 0.2) is 0 Å². The van der Waals surface area contributed by atoms with Crippen molar-refractivity contribution in [3.63, 3.8) is 0 Å². The SMILES string of the molecule is Cl.NC(CNC(=O)c1ccc(C2SCCS2)cc1)c1ccccc1. The molecule has 6 heteroatoms. The van der Waals surface area contributed by atoms with E-state index >= 15 is 0 Å². The molecule has 1 heterocycles. The highest BCUT2D eigenvalue weighted by Crippen LogP contribution is 2.45. The van der Waals surface area contributed by atoms with E-state index in [0.717, 1.165) is 5.56 Å². The molecule has 2 aromatic rings. The van der Waals surface area contributed by atoms with E-state index < -0.39 is 0 Å². The maximum Gasteiger partial charge on any atom is 0.251 e. The molecule has 0 aromatic heterocycles. The molecule has 0 saturated carbocycles. The highest BCUT2D eigenvalue weighted by Gasteiger charge is 2.18. The van der Waals surface area contributed by atoms with Gasteiger partial charge in [0, 0.05) is 29.7 Å². The molecular formula is C18H21ClN2OS2. The Labute approximate surface area is 157 Å². The molecule has 1 aliphatic heterocycles. The van der Waals surface area contributed by atoms with E-state index in [1.54, 1.807) is 0 Å². The Bertz CT molecular complexity index is 646. The number of carbonyl (C=O) groups excluding carboxylic acids is 1. The minimum atomic E-state index is -0.189. The third-order valence-electron chi connectivity index (χ3n) is 3.78. The first-order valence-electron chi connectivity index (χ1n) is 7.66. The summed E-state index contributed by atoms with van der Waals surface area (Å²) in [7, 11) is 0. The lowest BCUT2D eigenvalue weighted by atomic mass is 10.1. The number of nitrogens with one attached hydrogen (secondary N) is 1. The van der Waals surface area contributed by atoms with E-state index in [1.165, 1.54) is 17.1 Å². The van der Waals surface area contributed by atoms with Gasteiger partial charge in [0.25, 0.3) is 5.91 Å². The lowest BCUT2D eigenvalue weighted by molar-refractivity contribution is 0.0951. The number of rotatable bonds is 5. The van der Waals surface area contributed by atoms with Crippen LogP contribution in [0, 0.1) is 0 Å². The number of thioether (sulfide) groups is 2. The molecule has 3 nitrogen and oxygen atoms in total.